The number of nitrogens with one attached hydrogen (secondary N) is 2. The summed E-state index contributed by atoms with van der Waals surface area (Å²) in [4.78, 5) is 15.3. The summed E-state index contributed by atoms with van der Waals surface area (Å²) in [5.41, 5.74) is 1.97. The number of piperidine rings is 1. The van der Waals surface area contributed by atoms with Crippen LogP contribution >= 0.6 is 11.6 Å². The van der Waals surface area contributed by atoms with Crippen molar-refractivity contribution in [1.82, 2.24) is 15.0 Å². The summed E-state index contributed by atoms with van der Waals surface area (Å²) in [6, 6.07) is 13.8. The number of aliphatic hydroxyl groups excluding tert-OH is 1. The summed E-state index contributed by atoms with van der Waals surface area (Å²) >= 11 is 6.15. The molecule has 9 nitrogen and oxygen atoms in total. The molecule has 7 rings (SSSR count). The number of hydrogen-bond acceptors (Lipinski definition) is 8. The number of anilines is 3. The SMILES string of the molecule is O=S(=O)(Nc1ccc(F)c(-c2ccc3nc(NC4CCN(c5ccncc5)CC4)ncc3c2)c1F)c1cc(Cl)cc2c1CCC2O. The van der Waals surface area contributed by atoms with Crippen LogP contribution in [0.5, 0.6) is 0 Å². The Kier molecular flexibility index (Phi) is 7.95. The topological polar surface area (TPSA) is 120 Å². The molecule has 1 aliphatic heterocycles. The summed E-state index contributed by atoms with van der Waals surface area (Å²) in [6.07, 6.45) is 6.82. The molecule has 1 fully saturated rings. The average Bonchev–Trinajstić information content (AvgIpc) is 3.42. The minimum absolute atomic E-state index is 0.128. The average molecular weight is 663 g/mol. The summed E-state index contributed by atoms with van der Waals surface area (Å²) < 4.78 is 60.0. The van der Waals surface area contributed by atoms with Crippen LogP contribution in [0.3, 0.4) is 0 Å². The highest BCUT2D eigenvalue weighted by Crippen LogP contribution is 2.39. The number of fused-ring (bicyclic) bond motifs is 2. The summed E-state index contributed by atoms with van der Waals surface area (Å²) in [6.45, 7) is 1.77. The van der Waals surface area contributed by atoms with Crippen molar-refractivity contribution < 1.29 is 22.3 Å². The molecule has 3 aromatic carbocycles. The van der Waals surface area contributed by atoms with E-state index in [-0.39, 0.29) is 21.5 Å². The molecule has 2 aliphatic rings. The Morgan fingerprint density at radius 1 is 0.978 bits per heavy atom. The van der Waals surface area contributed by atoms with E-state index in [0.29, 0.717) is 40.8 Å². The fourth-order valence-electron chi connectivity index (χ4n) is 6.25. The Bertz CT molecular complexity index is 2060. The molecule has 236 valence electrons. The Balaban J connectivity index is 1.10. The molecule has 1 atom stereocenters. The third kappa shape index (κ3) is 5.83. The predicted octanol–water partition coefficient (Wildman–Crippen LogP) is 6.48. The second kappa shape index (κ2) is 12.1. The zero-order valence-electron chi connectivity index (χ0n) is 24.4. The first-order chi connectivity index (χ1) is 22.2. The minimum atomic E-state index is -4.33. The monoisotopic (exact) mass is 662 g/mol. The molecule has 1 aliphatic carbocycles. The first-order valence-electron chi connectivity index (χ1n) is 14.9. The van der Waals surface area contributed by atoms with Gasteiger partial charge in [0.25, 0.3) is 10.0 Å². The molecular weight excluding hydrogens is 634 g/mol. The van der Waals surface area contributed by atoms with Gasteiger partial charge in [0, 0.05) is 53.8 Å². The van der Waals surface area contributed by atoms with E-state index >= 15 is 8.78 Å². The van der Waals surface area contributed by atoms with Crippen LogP contribution in [0.2, 0.25) is 5.02 Å². The van der Waals surface area contributed by atoms with Crippen molar-refractivity contribution in [2.45, 2.75) is 42.7 Å². The maximum Gasteiger partial charge on any atom is 0.262 e. The predicted molar refractivity (Wildman–Crippen MR) is 174 cm³/mol. The van der Waals surface area contributed by atoms with E-state index in [1.165, 1.54) is 18.2 Å². The Hall–Kier alpha value is -4.39. The number of sulfonamides is 1. The highest BCUT2D eigenvalue weighted by Gasteiger charge is 2.30. The molecule has 5 aromatic rings. The van der Waals surface area contributed by atoms with E-state index in [1.807, 2.05) is 12.1 Å². The van der Waals surface area contributed by atoms with E-state index in [0.717, 1.165) is 43.8 Å². The molecule has 2 aromatic heterocycles. The smallest absolute Gasteiger partial charge is 0.262 e. The van der Waals surface area contributed by atoms with Crippen molar-refractivity contribution in [3.8, 4) is 11.1 Å². The third-order valence-electron chi connectivity index (χ3n) is 8.58. The number of pyridine rings is 1. The van der Waals surface area contributed by atoms with Gasteiger partial charge >= 0.3 is 0 Å². The fourth-order valence-corrected chi connectivity index (χ4v) is 7.92. The largest absolute Gasteiger partial charge is 0.388 e. The van der Waals surface area contributed by atoms with Gasteiger partial charge in [-0.15, -0.1) is 0 Å². The number of nitrogens with zero attached hydrogens (tertiary/aromatic N) is 4. The van der Waals surface area contributed by atoms with Crippen LogP contribution in [0.15, 0.2) is 78.1 Å². The lowest BCUT2D eigenvalue weighted by atomic mass is 10.0. The first kappa shape index (κ1) is 30.3. The van der Waals surface area contributed by atoms with Gasteiger partial charge < -0.3 is 15.3 Å². The van der Waals surface area contributed by atoms with Crippen LogP contribution in [-0.2, 0) is 16.4 Å². The van der Waals surface area contributed by atoms with Gasteiger partial charge in [-0.3, -0.25) is 9.71 Å². The van der Waals surface area contributed by atoms with Gasteiger partial charge in [-0.05, 0) is 90.9 Å². The number of aromatic nitrogens is 3. The van der Waals surface area contributed by atoms with E-state index in [9.17, 15) is 13.5 Å². The van der Waals surface area contributed by atoms with E-state index in [1.54, 1.807) is 30.7 Å². The lowest BCUT2D eigenvalue weighted by Crippen LogP contribution is -2.39. The highest BCUT2D eigenvalue weighted by atomic mass is 35.5. The molecule has 0 saturated carbocycles. The molecule has 3 N–H and O–H groups in total. The molecule has 0 spiro atoms. The van der Waals surface area contributed by atoms with Crippen molar-refractivity contribution in [1.29, 1.82) is 0 Å². The quantitative estimate of drug-likeness (QED) is 0.181. The first-order valence-corrected chi connectivity index (χ1v) is 16.7. The summed E-state index contributed by atoms with van der Waals surface area (Å²) in [5, 5.41) is 14.3. The van der Waals surface area contributed by atoms with Gasteiger partial charge in [0.2, 0.25) is 5.95 Å². The normalized spacial score (nSPS) is 16.9. The maximum atomic E-state index is 15.9. The van der Waals surface area contributed by atoms with Crippen molar-refractivity contribution >= 4 is 49.9 Å². The van der Waals surface area contributed by atoms with Crippen molar-refractivity contribution in [3.63, 3.8) is 0 Å². The Morgan fingerprint density at radius 3 is 2.54 bits per heavy atom. The van der Waals surface area contributed by atoms with Gasteiger partial charge in [0.15, 0.2) is 5.82 Å². The molecule has 1 saturated heterocycles. The molecule has 3 heterocycles. The van der Waals surface area contributed by atoms with Crippen LogP contribution < -0.4 is 14.9 Å². The molecule has 0 radical (unpaired) electrons. The van der Waals surface area contributed by atoms with Crippen LogP contribution in [-0.4, -0.2) is 47.6 Å². The lowest BCUT2D eigenvalue weighted by Gasteiger charge is -2.33. The molecule has 0 bridgehead atoms. The Labute approximate surface area is 269 Å². The second-order valence-corrected chi connectivity index (χ2v) is 13.6. The van der Waals surface area contributed by atoms with E-state index < -0.39 is 39.0 Å². The van der Waals surface area contributed by atoms with Crippen molar-refractivity contribution in [2.75, 3.05) is 28.0 Å². The number of halogens is 3. The number of hydrogen-bond donors (Lipinski definition) is 3. The summed E-state index contributed by atoms with van der Waals surface area (Å²) in [7, 11) is -4.33. The van der Waals surface area contributed by atoms with Gasteiger partial charge in [0.1, 0.15) is 5.82 Å². The van der Waals surface area contributed by atoms with E-state index in [4.69, 9.17) is 11.6 Å². The van der Waals surface area contributed by atoms with Crippen molar-refractivity contribution in [2.24, 2.45) is 0 Å². The zero-order valence-corrected chi connectivity index (χ0v) is 26.0. The fraction of sp³-hybridized carbons (Fsp3) is 0.242. The zero-order chi connectivity index (χ0) is 32.0. The standard InChI is InChI=1S/C33H29ClF2N6O3S/c34-21-16-25-24(2-6-29(25)43)30(17-21)46(44,45)41-28-5-3-26(35)31(32(28)36)19-1-4-27-20(15-19)18-38-33(40-27)39-22-9-13-42(14-10-22)23-7-11-37-12-8-23/h1,3-5,7-8,11-12,15-18,22,29,41,43H,2,6,9-10,13-14H2,(H,38,39,40). The molecular formula is C33H29ClF2N6O3S. The number of benzene rings is 3. The lowest BCUT2D eigenvalue weighted by molar-refractivity contribution is 0.180. The molecule has 0 amide bonds. The minimum Gasteiger partial charge on any atom is -0.388 e. The van der Waals surface area contributed by atoms with Gasteiger partial charge in [-0.1, -0.05) is 17.7 Å². The molecule has 13 heteroatoms. The number of aliphatic hydroxyl groups is 1. The van der Waals surface area contributed by atoms with Gasteiger partial charge in [-0.2, -0.15) is 0 Å². The van der Waals surface area contributed by atoms with Gasteiger partial charge in [0.05, 0.1) is 27.8 Å². The number of rotatable bonds is 7. The van der Waals surface area contributed by atoms with Gasteiger partial charge in [-0.25, -0.2) is 27.2 Å². The maximum absolute atomic E-state index is 15.9. The third-order valence-corrected chi connectivity index (χ3v) is 10.2. The Morgan fingerprint density at radius 2 is 1.76 bits per heavy atom. The van der Waals surface area contributed by atoms with Crippen LogP contribution in [0.25, 0.3) is 22.0 Å². The van der Waals surface area contributed by atoms with E-state index in [2.05, 4.69) is 29.9 Å². The molecule has 46 heavy (non-hydrogen) atoms. The molecule has 1 unspecified atom stereocenters. The van der Waals surface area contributed by atoms with Crippen LogP contribution in [0.4, 0.5) is 26.1 Å². The second-order valence-electron chi connectivity index (χ2n) is 11.5. The van der Waals surface area contributed by atoms with Crippen molar-refractivity contribution in [3.05, 3.63) is 101 Å². The van der Waals surface area contributed by atoms with Crippen LogP contribution in [0.1, 0.15) is 36.5 Å². The highest BCUT2D eigenvalue weighted by molar-refractivity contribution is 7.92. The summed E-state index contributed by atoms with van der Waals surface area (Å²) in [5.74, 6) is -1.46. The van der Waals surface area contributed by atoms with Crippen LogP contribution in [0, 0.1) is 11.6 Å².